The number of hydrogen-bond donors (Lipinski definition) is 0. The van der Waals surface area contributed by atoms with E-state index in [1.807, 2.05) is 0 Å². The number of ether oxygens (including phenoxy) is 1. The van der Waals surface area contributed by atoms with Gasteiger partial charge < -0.3 is 9.26 Å². The van der Waals surface area contributed by atoms with Crippen molar-refractivity contribution in [1.29, 1.82) is 0 Å². The maximum atomic E-state index is 11.4. The Kier molecular flexibility index (Phi) is 3.41. The van der Waals surface area contributed by atoms with Gasteiger partial charge in [0.05, 0.1) is 6.10 Å². The predicted molar refractivity (Wildman–Crippen MR) is 63.2 cm³/mol. The summed E-state index contributed by atoms with van der Waals surface area (Å²) >= 11 is 0. The molecule has 1 aliphatic heterocycles. The monoisotopic (exact) mass is 250 g/mol. The zero-order valence-corrected chi connectivity index (χ0v) is 10.4. The standard InChI is InChI=1S/C13H18N2O3/c16-10-4-1-3-9(7-10)13-14-12(15-18-13)8-11-5-2-6-17-11/h9,11H,1-8H2. The minimum atomic E-state index is 0.136. The summed E-state index contributed by atoms with van der Waals surface area (Å²) in [7, 11) is 0. The normalized spacial score (nSPS) is 28.8. The molecule has 0 radical (unpaired) electrons. The molecular weight excluding hydrogens is 232 g/mol. The van der Waals surface area contributed by atoms with E-state index in [1.54, 1.807) is 0 Å². The summed E-state index contributed by atoms with van der Waals surface area (Å²) < 4.78 is 10.8. The van der Waals surface area contributed by atoms with Crippen molar-refractivity contribution in [3.8, 4) is 0 Å². The lowest BCUT2D eigenvalue weighted by atomic mass is 9.88. The van der Waals surface area contributed by atoms with Crippen LogP contribution in [0.2, 0.25) is 0 Å². The number of aromatic nitrogens is 2. The van der Waals surface area contributed by atoms with Gasteiger partial charge in [0.15, 0.2) is 5.82 Å². The van der Waals surface area contributed by atoms with E-state index in [0.717, 1.165) is 44.5 Å². The Morgan fingerprint density at radius 1 is 1.28 bits per heavy atom. The van der Waals surface area contributed by atoms with E-state index in [1.165, 1.54) is 0 Å². The summed E-state index contributed by atoms with van der Waals surface area (Å²) in [4.78, 5) is 15.8. The fraction of sp³-hybridized carbons (Fsp3) is 0.769. The van der Waals surface area contributed by atoms with Gasteiger partial charge in [-0.15, -0.1) is 0 Å². The van der Waals surface area contributed by atoms with E-state index in [4.69, 9.17) is 9.26 Å². The van der Waals surface area contributed by atoms with Crippen LogP contribution in [-0.2, 0) is 16.0 Å². The summed E-state index contributed by atoms with van der Waals surface area (Å²) in [5.74, 6) is 1.80. The first-order valence-corrected chi connectivity index (χ1v) is 6.77. The maximum Gasteiger partial charge on any atom is 0.230 e. The fourth-order valence-electron chi connectivity index (χ4n) is 2.76. The van der Waals surface area contributed by atoms with Crippen LogP contribution in [0.3, 0.4) is 0 Å². The first kappa shape index (κ1) is 11.8. The highest BCUT2D eigenvalue weighted by Gasteiger charge is 2.26. The van der Waals surface area contributed by atoms with Gasteiger partial charge >= 0.3 is 0 Å². The molecule has 2 aliphatic rings. The molecule has 18 heavy (non-hydrogen) atoms. The van der Waals surface area contributed by atoms with Crippen molar-refractivity contribution in [3.05, 3.63) is 11.7 Å². The van der Waals surface area contributed by atoms with E-state index < -0.39 is 0 Å². The third-order valence-electron chi connectivity index (χ3n) is 3.75. The minimum absolute atomic E-state index is 0.136. The molecule has 3 rings (SSSR count). The van der Waals surface area contributed by atoms with E-state index in [-0.39, 0.29) is 12.0 Å². The van der Waals surface area contributed by atoms with E-state index in [9.17, 15) is 4.79 Å². The molecule has 1 aliphatic carbocycles. The summed E-state index contributed by atoms with van der Waals surface area (Å²) in [5, 5.41) is 4.00. The Morgan fingerprint density at radius 3 is 3.00 bits per heavy atom. The van der Waals surface area contributed by atoms with Gasteiger partial charge in [0.1, 0.15) is 5.78 Å². The van der Waals surface area contributed by atoms with Crippen LogP contribution in [0.1, 0.15) is 56.2 Å². The van der Waals surface area contributed by atoms with Gasteiger partial charge in [-0.25, -0.2) is 0 Å². The smallest absolute Gasteiger partial charge is 0.230 e. The molecule has 1 aromatic heterocycles. The largest absolute Gasteiger partial charge is 0.378 e. The van der Waals surface area contributed by atoms with E-state index >= 15 is 0 Å². The summed E-state index contributed by atoms with van der Waals surface area (Å²) in [6.07, 6.45) is 6.33. The Labute approximate surface area is 106 Å². The topological polar surface area (TPSA) is 65.2 Å². The molecular formula is C13H18N2O3. The maximum absolute atomic E-state index is 11.4. The SMILES string of the molecule is O=C1CCCC(c2nc(CC3CCCO3)no2)C1. The van der Waals surface area contributed by atoms with Crippen LogP contribution >= 0.6 is 0 Å². The van der Waals surface area contributed by atoms with Gasteiger partial charge in [-0.1, -0.05) is 5.16 Å². The van der Waals surface area contributed by atoms with Gasteiger partial charge in [-0.05, 0) is 25.7 Å². The molecule has 0 spiro atoms. The summed E-state index contributed by atoms with van der Waals surface area (Å²) in [6.45, 7) is 0.840. The Morgan fingerprint density at radius 2 is 2.22 bits per heavy atom. The second kappa shape index (κ2) is 5.18. The molecule has 0 N–H and O–H groups in total. The third kappa shape index (κ3) is 2.61. The average molecular weight is 250 g/mol. The van der Waals surface area contributed by atoms with Crippen molar-refractivity contribution in [2.75, 3.05) is 6.61 Å². The first-order chi connectivity index (χ1) is 8.81. The van der Waals surface area contributed by atoms with Gasteiger partial charge in [0, 0.05) is 31.8 Å². The lowest BCUT2D eigenvalue weighted by Gasteiger charge is -2.16. The molecule has 2 heterocycles. The number of nitrogens with zero attached hydrogens (tertiary/aromatic N) is 2. The lowest BCUT2D eigenvalue weighted by Crippen LogP contribution is -2.14. The first-order valence-electron chi connectivity index (χ1n) is 6.77. The predicted octanol–water partition coefficient (Wildman–Crippen LogP) is 2.02. The van der Waals surface area contributed by atoms with Crippen molar-refractivity contribution in [2.24, 2.45) is 0 Å². The number of carbonyl (C=O) groups is 1. The van der Waals surface area contributed by atoms with E-state index in [0.29, 0.717) is 24.5 Å². The van der Waals surface area contributed by atoms with Crippen LogP contribution in [0.5, 0.6) is 0 Å². The van der Waals surface area contributed by atoms with Gasteiger partial charge in [-0.2, -0.15) is 4.98 Å². The molecule has 2 unspecified atom stereocenters. The summed E-state index contributed by atoms with van der Waals surface area (Å²) in [5.41, 5.74) is 0. The van der Waals surface area contributed by atoms with Crippen LogP contribution < -0.4 is 0 Å². The molecule has 98 valence electrons. The molecule has 2 fully saturated rings. The molecule has 2 atom stereocenters. The highest BCUT2D eigenvalue weighted by Crippen LogP contribution is 2.30. The average Bonchev–Trinajstić information content (AvgIpc) is 3.01. The molecule has 1 aromatic rings. The molecule has 0 bridgehead atoms. The number of ketones is 1. The number of rotatable bonds is 3. The van der Waals surface area contributed by atoms with Gasteiger partial charge in [-0.3, -0.25) is 4.79 Å². The van der Waals surface area contributed by atoms with Crippen LogP contribution in [0.15, 0.2) is 4.52 Å². The lowest BCUT2D eigenvalue weighted by molar-refractivity contribution is -0.120. The zero-order chi connectivity index (χ0) is 12.4. The molecule has 5 heteroatoms. The van der Waals surface area contributed by atoms with Crippen LogP contribution in [0, 0.1) is 0 Å². The Bertz CT molecular complexity index is 424. The number of carbonyl (C=O) groups excluding carboxylic acids is 1. The highest BCUT2D eigenvalue weighted by atomic mass is 16.5. The van der Waals surface area contributed by atoms with Gasteiger partial charge in [0.25, 0.3) is 0 Å². The summed E-state index contributed by atoms with van der Waals surface area (Å²) in [6, 6.07) is 0. The van der Waals surface area contributed by atoms with E-state index in [2.05, 4.69) is 10.1 Å². The zero-order valence-electron chi connectivity index (χ0n) is 10.4. The molecule has 0 amide bonds. The highest BCUT2D eigenvalue weighted by molar-refractivity contribution is 5.79. The Balaban J connectivity index is 1.63. The number of hydrogen-bond acceptors (Lipinski definition) is 5. The Hall–Kier alpha value is -1.23. The van der Waals surface area contributed by atoms with Crippen molar-refractivity contribution in [2.45, 2.75) is 57.0 Å². The molecule has 5 nitrogen and oxygen atoms in total. The molecule has 1 saturated heterocycles. The van der Waals surface area contributed by atoms with Crippen molar-refractivity contribution < 1.29 is 14.1 Å². The second-order valence-electron chi connectivity index (χ2n) is 5.22. The minimum Gasteiger partial charge on any atom is -0.378 e. The fourth-order valence-corrected chi connectivity index (χ4v) is 2.76. The van der Waals surface area contributed by atoms with Crippen LogP contribution in [-0.4, -0.2) is 28.6 Å². The van der Waals surface area contributed by atoms with Crippen LogP contribution in [0.25, 0.3) is 0 Å². The van der Waals surface area contributed by atoms with Crippen LogP contribution in [0.4, 0.5) is 0 Å². The van der Waals surface area contributed by atoms with Gasteiger partial charge in [0.2, 0.25) is 5.89 Å². The quantitative estimate of drug-likeness (QED) is 0.821. The number of Topliss-reactive ketones (excluding diaryl/α,β-unsaturated/α-hetero) is 1. The van der Waals surface area contributed by atoms with Crippen molar-refractivity contribution >= 4 is 5.78 Å². The molecule has 0 aromatic carbocycles. The molecule has 1 saturated carbocycles. The van der Waals surface area contributed by atoms with Crippen molar-refractivity contribution in [3.63, 3.8) is 0 Å². The second-order valence-corrected chi connectivity index (χ2v) is 5.22. The van der Waals surface area contributed by atoms with Crippen molar-refractivity contribution in [1.82, 2.24) is 10.1 Å². The third-order valence-corrected chi connectivity index (χ3v) is 3.75.